The number of benzene rings is 2. The monoisotopic (exact) mass is 348 g/mol. The molecule has 26 heavy (non-hydrogen) atoms. The van der Waals surface area contributed by atoms with Crippen LogP contribution in [-0.2, 0) is 11.3 Å². The maximum atomic E-state index is 12.2. The fourth-order valence-electron chi connectivity index (χ4n) is 3.25. The number of aromatic nitrogens is 1. The number of nitrogens with one attached hydrogen (secondary N) is 3. The minimum atomic E-state index is -0.284. The van der Waals surface area contributed by atoms with Crippen LogP contribution in [0, 0.1) is 0 Å². The molecular formula is C20H20N4O2. The molecule has 2 aromatic carbocycles. The zero-order valence-electron chi connectivity index (χ0n) is 14.3. The summed E-state index contributed by atoms with van der Waals surface area (Å²) in [6.07, 6.45) is 1.46. The second-order valence-electron chi connectivity index (χ2n) is 6.39. The molecule has 0 aliphatic carbocycles. The van der Waals surface area contributed by atoms with E-state index < -0.39 is 0 Å². The Kier molecular flexibility index (Phi) is 4.31. The summed E-state index contributed by atoms with van der Waals surface area (Å²) in [5.74, 6) is 0.130. The van der Waals surface area contributed by atoms with Crippen LogP contribution >= 0.6 is 0 Å². The van der Waals surface area contributed by atoms with E-state index in [0.717, 1.165) is 35.2 Å². The Morgan fingerprint density at radius 3 is 2.81 bits per heavy atom. The Morgan fingerprint density at radius 2 is 2.00 bits per heavy atom. The van der Waals surface area contributed by atoms with E-state index in [1.165, 1.54) is 0 Å². The number of aromatic amines is 1. The predicted molar refractivity (Wildman–Crippen MR) is 102 cm³/mol. The van der Waals surface area contributed by atoms with Gasteiger partial charge in [-0.2, -0.15) is 0 Å². The third kappa shape index (κ3) is 3.39. The van der Waals surface area contributed by atoms with Crippen LogP contribution in [0.3, 0.4) is 0 Å². The van der Waals surface area contributed by atoms with E-state index in [1.54, 1.807) is 4.90 Å². The van der Waals surface area contributed by atoms with Gasteiger partial charge in [-0.25, -0.2) is 4.79 Å². The molecule has 1 aliphatic heterocycles. The Morgan fingerprint density at radius 1 is 1.12 bits per heavy atom. The van der Waals surface area contributed by atoms with Crippen molar-refractivity contribution in [2.75, 3.05) is 16.8 Å². The summed E-state index contributed by atoms with van der Waals surface area (Å²) in [7, 11) is 0. The van der Waals surface area contributed by atoms with Gasteiger partial charge < -0.3 is 20.5 Å². The van der Waals surface area contributed by atoms with E-state index >= 15 is 0 Å². The minimum absolute atomic E-state index is 0.130. The van der Waals surface area contributed by atoms with E-state index in [0.29, 0.717) is 18.7 Å². The number of rotatable bonds is 4. The van der Waals surface area contributed by atoms with Gasteiger partial charge in [0.1, 0.15) is 0 Å². The SMILES string of the molecule is O=C(NCc1cc2ccccc2[nH]1)Nc1cccc(N2CCCC2=O)c1. The predicted octanol–water partition coefficient (Wildman–Crippen LogP) is 3.62. The van der Waals surface area contributed by atoms with Gasteiger partial charge in [-0.05, 0) is 42.1 Å². The van der Waals surface area contributed by atoms with Crippen molar-refractivity contribution in [3.05, 3.63) is 60.3 Å². The van der Waals surface area contributed by atoms with Gasteiger partial charge in [-0.15, -0.1) is 0 Å². The average molecular weight is 348 g/mol. The quantitative estimate of drug-likeness (QED) is 0.673. The Hall–Kier alpha value is -3.28. The van der Waals surface area contributed by atoms with Crippen LogP contribution in [0.2, 0.25) is 0 Å². The largest absolute Gasteiger partial charge is 0.357 e. The van der Waals surface area contributed by atoms with Crippen LogP contribution in [0.1, 0.15) is 18.5 Å². The number of urea groups is 1. The molecule has 0 atom stereocenters. The summed E-state index contributed by atoms with van der Waals surface area (Å²) in [5.41, 5.74) is 3.47. The van der Waals surface area contributed by atoms with Crippen molar-refractivity contribution in [3.63, 3.8) is 0 Å². The van der Waals surface area contributed by atoms with Crippen molar-refractivity contribution in [1.82, 2.24) is 10.3 Å². The number of H-pyrrole nitrogens is 1. The molecule has 1 aromatic heterocycles. The van der Waals surface area contributed by atoms with Gasteiger partial charge in [0.05, 0.1) is 6.54 Å². The first-order chi connectivity index (χ1) is 12.7. The van der Waals surface area contributed by atoms with E-state index in [2.05, 4.69) is 15.6 Å². The number of carbonyl (C=O) groups is 2. The van der Waals surface area contributed by atoms with Gasteiger partial charge in [0, 0.05) is 35.6 Å². The number of para-hydroxylation sites is 1. The smallest absolute Gasteiger partial charge is 0.319 e. The molecule has 3 aromatic rings. The summed E-state index contributed by atoms with van der Waals surface area (Å²) in [4.78, 5) is 29.1. The molecule has 0 unspecified atom stereocenters. The fraction of sp³-hybridized carbons (Fsp3) is 0.200. The van der Waals surface area contributed by atoms with Gasteiger partial charge in [-0.1, -0.05) is 24.3 Å². The summed E-state index contributed by atoms with van der Waals surface area (Å²) < 4.78 is 0. The van der Waals surface area contributed by atoms with E-state index in [9.17, 15) is 9.59 Å². The number of carbonyl (C=O) groups excluding carboxylic acids is 2. The van der Waals surface area contributed by atoms with Crippen molar-refractivity contribution < 1.29 is 9.59 Å². The molecule has 132 valence electrons. The normalized spacial score (nSPS) is 14.0. The molecular weight excluding hydrogens is 328 g/mol. The molecule has 1 fully saturated rings. The number of nitrogens with zero attached hydrogens (tertiary/aromatic N) is 1. The molecule has 3 amide bonds. The first kappa shape index (κ1) is 16.2. The summed E-state index contributed by atoms with van der Waals surface area (Å²) in [6.45, 7) is 1.14. The van der Waals surface area contributed by atoms with Crippen molar-refractivity contribution >= 4 is 34.2 Å². The second-order valence-corrected chi connectivity index (χ2v) is 6.39. The lowest BCUT2D eigenvalue weighted by Gasteiger charge is -2.16. The number of amides is 3. The van der Waals surface area contributed by atoms with E-state index in [4.69, 9.17) is 0 Å². The lowest BCUT2D eigenvalue weighted by atomic mass is 10.2. The van der Waals surface area contributed by atoms with Crippen molar-refractivity contribution in [3.8, 4) is 0 Å². The Bertz CT molecular complexity index is 930. The first-order valence-corrected chi connectivity index (χ1v) is 8.71. The van der Waals surface area contributed by atoms with Gasteiger partial charge in [0.25, 0.3) is 0 Å². The molecule has 0 spiro atoms. The van der Waals surface area contributed by atoms with Gasteiger partial charge in [0.15, 0.2) is 0 Å². The maximum Gasteiger partial charge on any atom is 0.319 e. The average Bonchev–Trinajstić information content (AvgIpc) is 3.25. The standard InChI is InChI=1S/C20H20N4O2/c25-19-9-4-10-24(19)17-7-3-6-15(12-17)23-20(26)21-13-16-11-14-5-1-2-8-18(14)22-16/h1-3,5-8,11-12,22H,4,9-10,13H2,(H2,21,23,26). The number of fused-ring (bicyclic) bond motifs is 1. The third-order valence-corrected chi connectivity index (χ3v) is 4.51. The highest BCUT2D eigenvalue weighted by Crippen LogP contribution is 2.24. The highest BCUT2D eigenvalue weighted by atomic mass is 16.2. The van der Waals surface area contributed by atoms with E-state index in [1.807, 2.05) is 54.6 Å². The van der Waals surface area contributed by atoms with Crippen molar-refractivity contribution in [1.29, 1.82) is 0 Å². The topological polar surface area (TPSA) is 77.2 Å². The van der Waals surface area contributed by atoms with Crippen LogP contribution in [0.25, 0.3) is 10.9 Å². The molecule has 3 N–H and O–H groups in total. The number of anilines is 2. The lowest BCUT2D eigenvalue weighted by molar-refractivity contribution is -0.117. The molecule has 0 radical (unpaired) electrons. The summed E-state index contributed by atoms with van der Waals surface area (Å²) in [6, 6.07) is 17.1. The first-order valence-electron chi connectivity index (χ1n) is 8.71. The number of hydrogen-bond acceptors (Lipinski definition) is 2. The van der Waals surface area contributed by atoms with Gasteiger partial charge in [-0.3, -0.25) is 4.79 Å². The highest BCUT2D eigenvalue weighted by molar-refractivity contribution is 5.96. The molecule has 4 rings (SSSR count). The van der Waals surface area contributed by atoms with Gasteiger partial charge in [0.2, 0.25) is 5.91 Å². The van der Waals surface area contributed by atoms with Crippen LogP contribution in [0.5, 0.6) is 0 Å². The van der Waals surface area contributed by atoms with Crippen LogP contribution in [-0.4, -0.2) is 23.5 Å². The highest BCUT2D eigenvalue weighted by Gasteiger charge is 2.21. The van der Waals surface area contributed by atoms with Gasteiger partial charge >= 0.3 is 6.03 Å². The minimum Gasteiger partial charge on any atom is -0.357 e. The molecule has 6 heteroatoms. The Labute approximate surface area is 151 Å². The second kappa shape index (κ2) is 6.92. The fourth-order valence-corrected chi connectivity index (χ4v) is 3.25. The molecule has 2 heterocycles. The van der Waals surface area contributed by atoms with Crippen LogP contribution in [0.4, 0.5) is 16.2 Å². The summed E-state index contributed by atoms with van der Waals surface area (Å²) in [5, 5.41) is 6.79. The zero-order valence-corrected chi connectivity index (χ0v) is 14.3. The van der Waals surface area contributed by atoms with Crippen molar-refractivity contribution in [2.45, 2.75) is 19.4 Å². The van der Waals surface area contributed by atoms with Crippen LogP contribution < -0.4 is 15.5 Å². The zero-order chi connectivity index (χ0) is 17.9. The number of hydrogen-bond donors (Lipinski definition) is 3. The lowest BCUT2D eigenvalue weighted by Crippen LogP contribution is -2.28. The summed E-state index contributed by atoms with van der Waals surface area (Å²) >= 11 is 0. The third-order valence-electron chi connectivity index (χ3n) is 4.51. The van der Waals surface area contributed by atoms with Crippen LogP contribution in [0.15, 0.2) is 54.6 Å². The maximum absolute atomic E-state index is 12.2. The molecule has 0 bridgehead atoms. The molecule has 1 saturated heterocycles. The van der Waals surface area contributed by atoms with E-state index in [-0.39, 0.29) is 11.9 Å². The molecule has 6 nitrogen and oxygen atoms in total. The Balaban J connectivity index is 1.38. The van der Waals surface area contributed by atoms with Crippen molar-refractivity contribution in [2.24, 2.45) is 0 Å². The molecule has 0 saturated carbocycles. The molecule has 1 aliphatic rings.